The molecule has 7 nitrogen and oxygen atoms in total. The quantitative estimate of drug-likeness (QED) is 0.805. The van der Waals surface area contributed by atoms with Crippen molar-refractivity contribution in [3.8, 4) is 0 Å². The molecule has 1 aliphatic rings. The molecule has 0 aliphatic carbocycles. The van der Waals surface area contributed by atoms with E-state index in [4.69, 9.17) is 4.52 Å². The van der Waals surface area contributed by atoms with Gasteiger partial charge in [-0.1, -0.05) is 12.1 Å². The van der Waals surface area contributed by atoms with Crippen molar-refractivity contribution in [1.29, 1.82) is 0 Å². The van der Waals surface area contributed by atoms with Gasteiger partial charge in [-0.15, -0.1) is 0 Å². The molecule has 3 rings (SSSR count). The maximum absolute atomic E-state index is 5.19. The zero-order valence-corrected chi connectivity index (χ0v) is 14.1. The minimum Gasteiger partial charge on any atom is -0.339 e. The van der Waals surface area contributed by atoms with Crippen LogP contribution in [0.3, 0.4) is 0 Å². The smallest absolute Gasteiger partial charge is 0.226 e. The van der Waals surface area contributed by atoms with E-state index >= 15 is 0 Å². The first-order chi connectivity index (χ1) is 11.3. The second-order valence-electron chi connectivity index (χ2n) is 5.99. The van der Waals surface area contributed by atoms with Gasteiger partial charge in [0, 0.05) is 38.4 Å². The second-order valence-corrected chi connectivity index (χ2v) is 5.99. The molecule has 0 saturated carbocycles. The van der Waals surface area contributed by atoms with E-state index in [0.717, 1.165) is 76.2 Å². The van der Waals surface area contributed by atoms with Crippen molar-refractivity contribution in [2.45, 2.75) is 46.3 Å². The summed E-state index contributed by atoms with van der Waals surface area (Å²) in [6, 6.07) is 0. The van der Waals surface area contributed by atoms with Gasteiger partial charge in [-0.05, 0) is 26.4 Å². The van der Waals surface area contributed by atoms with Crippen molar-refractivity contribution >= 4 is 0 Å². The summed E-state index contributed by atoms with van der Waals surface area (Å²) in [5, 5.41) is 4.06. The Balaban J connectivity index is 1.52. The first-order valence-electron chi connectivity index (χ1n) is 8.54. The fraction of sp³-hybridized carbons (Fsp3) is 0.688. The summed E-state index contributed by atoms with van der Waals surface area (Å²) in [4.78, 5) is 13.8. The van der Waals surface area contributed by atoms with E-state index in [2.05, 4.69) is 42.6 Å². The van der Waals surface area contributed by atoms with Gasteiger partial charge in [-0.2, -0.15) is 4.98 Å². The van der Waals surface area contributed by atoms with Gasteiger partial charge >= 0.3 is 0 Å². The third kappa shape index (κ3) is 4.17. The summed E-state index contributed by atoms with van der Waals surface area (Å²) in [6.07, 6.45) is 5.90. The van der Waals surface area contributed by atoms with Gasteiger partial charge in [0.2, 0.25) is 5.89 Å². The van der Waals surface area contributed by atoms with Gasteiger partial charge in [-0.25, -0.2) is 4.98 Å². The normalized spacial score (nSPS) is 17.5. The molecule has 0 N–H and O–H groups in total. The summed E-state index contributed by atoms with van der Waals surface area (Å²) >= 11 is 0. The van der Waals surface area contributed by atoms with Crippen molar-refractivity contribution in [1.82, 2.24) is 29.5 Å². The molecule has 23 heavy (non-hydrogen) atoms. The first kappa shape index (κ1) is 16.1. The Kier molecular flexibility index (Phi) is 5.40. The van der Waals surface area contributed by atoms with Crippen LogP contribution in [-0.4, -0.2) is 55.7 Å². The molecule has 0 radical (unpaired) electrons. The van der Waals surface area contributed by atoms with Gasteiger partial charge in [0.1, 0.15) is 5.82 Å². The van der Waals surface area contributed by atoms with E-state index in [1.807, 2.05) is 13.1 Å². The molecule has 2 aromatic rings. The van der Waals surface area contributed by atoms with Gasteiger partial charge < -0.3 is 9.09 Å². The Morgan fingerprint density at radius 2 is 1.87 bits per heavy atom. The summed E-state index contributed by atoms with van der Waals surface area (Å²) in [7, 11) is 0. The van der Waals surface area contributed by atoms with Crippen molar-refractivity contribution in [3.05, 3.63) is 29.9 Å². The predicted octanol–water partition coefficient (Wildman–Crippen LogP) is 1.56. The van der Waals surface area contributed by atoms with Crippen LogP contribution in [0.25, 0.3) is 0 Å². The van der Waals surface area contributed by atoms with Crippen molar-refractivity contribution in [2.24, 2.45) is 0 Å². The average molecular weight is 318 g/mol. The molecule has 126 valence electrons. The zero-order valence-electron chi connectivity index (χ0n) is 14.1. The lowest BCUT2D eigenvalue weighted by molar-refractivity contribution is 0.236. The van der Waals surface area contributed by atoms with E-state index in [0.29, 0.717) is 0 Å². The lowest BCUT2D eigenvalue weighted by atomic mass is 10.3. The number of nitrogens with zero attached hydrogens (tertiary/aromatic N) is 6. The topological polar surface area (TPSA) is 63.2 Å². The third-order valence-corrected chi connectivity index (χ3v) is 4.37. The average Bonchev–Trinajstić information content (AvgIpc) is 3.14. The van der Waals surface area contributed by atoms with Crippen LogP contribution in [0.2, 0.25) is 0 Å². The highest BCUT2D eigenvalue weighted by atomic mass is 16.5. The molecule has 0 spiro atoms. The van der Waals surface area contributed by atoms with Crippen LogP contribution in [-0.2, 0) is 26.1 Å². The monoisotopic (exact) mass is 318 g/mol. The standard InChI is InChI=1S/C16H26N6O/c1-3-16-18-14(19-23-16)12-20-7-5-8-21(11-10-20)13-15-17-6-9-22(15)4-2/h6,9H,3-5,7-8,10-13H2,1-2H3. The molecule has 1 fully saturated rings. The first-order valence-corrected chi connectivity index (χ1v) is 8.54. The molecule has 1 saturated heterocycles. The maximum Gasteiger partial charge on any atom is 0.226 e. The Labute approximate surface area is 137 Å². The molecule has 0 amide bonds. The fourth-order valence-electron chi connectivity index (χ4n) is 3.02. The fourth-order valence-corrected chi connectivity index (χ4v) is 3.02. The van der Waals surface area contributed by atoms with Crippen molar-refractivity contribution in [3.63, 3.8) is 0 Å². The minimum absolute atomic E-state index is 0.725. The van der Waals surface area contributed by atoms with E-state index < -0.39 is 0 Å². The summed E-state index contributed by atoms with van der Waals surface area (Å²) in [5.74, 6) is 2.69. The van der Waals surface area contributed by atoms with Crippen LogP contribution in [0.15, 0.2) is 16.9 Å². The van der Waals surface area contributed by atoms with Crippen LogP contribution in [0, 0.1) is 0 Å². The Hall–Kier alpha value is -1.73. The molecule has 1 aliphatic heterocycles. The highest BCUT2D eigenvalue weighted by molar-refractivity contribution is 4.93. The molecule has 7 heteroatoms. The largest absolute Gasteiger partial charge is 0.339 e. The highest BCUT2D eigenvalue weighted by Gasteiger charge is 2.18. The lowest BCUT2D eigenvalue weighted by Crippen LogP contribution is -2.31. The van der Waals surface area contributed by atoms with E-state index in [1.54, 1.807) is 0 Å². The van der Waals surface area contributed by atoms with Crippen molar-refractivity contribution < 1.29 is 4.52 Å². The number of hydrogen-bond donors (Lipinski definition) is 0. The molecular weight excluding hydrogens is 292 g/mol. The number of aromatic nitrogens is 4. The third-order valence-electron chi connectivity index (χ3n) is 4.37. The van der Waals surface area contributed by atoms with Crippen molar-refractivity contribution in [2.75, 3.05) is 26.2 Å². The molecule has 2 aromatic heterocycles. The van der Waals surface area contributed by atoms with Crippen LogP contribution in [0.1, 0.15) is 37.8 Å². The van der Waals surface area contributed by atoms with E-state index in [-0.39, 0.29) is 0 Å². The van der Waals surface area contributed by atoms with Gasteiger partial charge in [0.15, 0.2) is 5.82 Å². The molecule has 0 unspecified atom stereocenters. The summed E-state index contributed by atoms with van der Waals surface area (Å²) in [5.41, 5.74) is 0. The van der Waals surface area contributed by atoms with Crippen LogP contribution >= 0.6 is 0 Å². The number of imidazole rings is 1. The lowest BCUT2D eigenvalue weighted by Gasteiger charge is -2.21. The van der Waals surface area contributed by atoms with Gasteiger partial charge in [0.05, 0.1) is 13.1 Å². The predicted molar refractivity (Wildman–Crippen MR) is 86.7 cm³/mol. The van der Waals surface area contributed by atoms with E-state index in [9.17, 15) is 0 Å². The number of hydrogen-bond acceptors (Lipinski definition) is 6. The SMILES string of the molecule is CCc1nc(CN2CCCN(Cc3nccn3CC)CC2)no1. The number of rotatable bonds is 6. The molecule has 3 heterocycles. The molecule has 0 atom stereocenters. The minimum atomic E-state index is 0.725. The molecule has 0 bridgehead atoms. The summed E-state index contributed by atoms with van der Waals surface area (Å²) in [6.45, 7) is 11.1. The Bertz CT molecular complexity index is 607. The van der Waals surface area contributed by atoms with Gasteiger partial charge in [0.25, 0.3) is 0 Å². The summed E-state index contributed by atoms with van der Waals surface area (Å²) < 4.78 is 7.41. The Morgan fingerprint density at radius 1 is 1.09 bits per heavy atom. The Morgan fingerprint density at radius 3 is 2.57 bits per heavy atom. The highest BCUT2D eigenvalue weighted by Crippen LogP contribution is 2.10. The number of aryl methyl sites for hydroxylation is 2. The second kappa shape index (κ2) is 7.70. The van der Waals surface area contributed by atoms with E-state index in [1.165, 1.54) is 0 Å². The van der Waals surface area contributed by atoms with Crippen LogP contribution in [0.4, 0.5) is 0 Å². The van der Waals surface area contributed by atoms with Crippen LogP contribution in [0.5, 0.6) is 0 Å². The van der Waals surface area contributed by atoms with Crippen LogP contribution < -0.4 is 0 Å². The molecular formula is C16H26N6O. The zero-order chi connectivity index (χ0) is 16.1. The maximum atomic E-state index is 5.19. The van der Waals surface area contributed by atoms with Gasteiger partial charge in [-0.3, -0.25) is 9.80 Å². The molecule has 0 aromatic carbocycles.